The molecule has 260 valence electrons. The topological polar surface area (TPSA) is 56.7 Å². The number of furan rings is 1. The molecule has 9 aromatic carbocycles. The number of rotatable bonds is 5. The van der Waals surface area contributed by atoms with Crippen molar-refractivity contribution in [2.75, 3.05) is 0 Å². The van der Waals surface area contributed by atoms with Crippen LogP contribution in [-0.4, -0.2) is 19.5 Å². The molecular formula is C51H30N4O. The second-order valence-corrected chi connectivity index (χ2v) is 14.4. The molecular weight excluding hydrogens is 685 g/mol. The Labute approximate surface area is 321 Å². The molecule has 0 fully saturated rings. The maximum Gasteiger partial charge on any atom is 0.164 e. The van der Waals surface area contributed by atoms with E-state index in [1.165, 1.54) is 43.4 Å². The lowest BCUT2D eigenvalue weighted by Gasteiger charge is -2.12. The van der Waals surface area contributed by atoms with Crippen molar-refractivity contribution in [3.63, 3.8) is 0 Å². The molecule has 3 heterocycles. The molecule has 12 aromatic rings. The van der Waals surface area contributed by atoms with Crippen molar-refractivity contribution in [1.82, 2.24) is 19.5 Å². The van der Waals surface area contributed by atoms with Crippen LogP contribution in [0, 0.1) is 0 Å². The Balaban J connectivity index is 1.12. The standard InChI is InChI=1S/C51H30N4O/c1-4-14-31(15-5-1)49-52-50(32-16-6-2-7-17-32)54-51(53-49)39-23-13-25-45-46(39)41-28-33(26-27-44(41)56-45)34-29-40-37-21-11-10-20-36(37)38-22-12-24-42-47(38)48(40)43(30-34)55(42)35-18-8-3-9-19-35/h1-30H. The number of fused-ring (bicyclic) bond motifs is 6. The average molecular weight is 715 g/mol. The van der Waals surface area contributed by atoms with Crippen molar-refractivity contribution in [3.05, 3.63) is 182 Å². The van der Waals surface area contributed by atoms with Crippen LogP contribution in [0.25, 0.3) is 116 Å². The Kier molecular flexibility index (Phi) is 6.56. The molecule has 0 unspecified atom stereocenters. The molecule has 5 heteroatoms. The third-order valence-corrected chi connectivity index (χ3v) is 11.2. The summed E-state index contributed by atoms with van der Waals surface area (Å²) in [4.78, 5) is 15.1. The lowest BCUT2D eigenvalue weighted by atomic mass is 9.92. The molecule has 0 aliphatic carbocycles. The zero-order valence-corrected chi connectivity index (χ0v) is 30.0. The molecule has 0 radical (unpaired) electrons. The number of nitrogens with zero attached hydrogens (tertiary/aromatic N) is 4. The van der Waals surface area contributed by atoms with E-state index in [2.05, 4.69) is 114 Å². The molecule has 0 saturated carbocycles. The molecule has 0 N–H and O–H groups in total. The van der Waals surface area contributed by atoms with Gasteiger partial charge in [-0.2, -0.15) is 0 Å². The van der Waals surface area contributed by atoms with E-state index in [9.17, 15) is 0 Å². The summed E-state index contributed by atoms with van der Waals surface area (Å²) < 4.78 is 8.97. The predicted molar refractivity (Wildman–Crippen MR) is 229 cm³/mol. The van der Waals surface area contributed by atoms with Crippen LogP contribution in [-0.2, 0) is 0 Å². The molecule has 0 amide bonds. The van der Waals surface area contributed by atoms with Gasteiger partial charge in [-0.3, -0.25) is 0 Å². The summed E-state index contributed by atoms with van der Waals surface area (Å²) >= 11 is 0. The normalized spacial score (nSPS) is 11.9. The molecule has 56 heavy (non-hydrogen) atoms. The Morgan fingerprint density at radius 2 is 0.929 bits per heavy atom. The van der Waals surface area contributed by atoms with Crippen LogP contribution in [0.3, 0.4) is 0 Å². The molecule has 5 nitrogen and oxygen atoms in total. The highest BCUT2D eigenvalue weighted by atomic mass is 16.3. The lowest BCUT2D eigenvalue weighted by Crippen LogP contribution is -2.00. The summed E-state index contributed by atoms with van der Waals surface area (Å²) in [6.45, 7) is 0. The van der Waals surface area contributed by atoms with E-state index in [1.54, 1.807) is 0 Å². The van der Waals surface area contributed by atoms with Crippen LogP contribution in [0.4, 0.5) is 0 Å². The summed E-state index contributed by atoms with van der Waals surface area (Å²) in [5, 5.41) is 9.61. The number of benzene rings is 9. The first-order chi connectivity index (χ1) is 27.8. The van der Waals surface area contributed by atoms with Crippen LogP contribution >= 0.6 is 0 Å². The van der Waals surface area contributed by atoms with Crippen molar-refractivity contribution in [2.45, 2.75) is 0 Å². The van der Waals surface area contributed by atoms with Crippen LogP contribution in [0.2, 0.25) is 0 Å². The zero-order chi connectivity index (χ0) is 36.7. The average Bonchev–Trinajstić information content (AvgIpc) is 3.82. The largest absolute Gasteiger partial charge is 0.456 e. The number of hydrogen-bond donors (Lipinski definition) is 0. The molecule has 0 atom stereocenters. The first-order valence-electron chi connectivity index (χ1n) is 18.9. The summed E-state index contributed by atoms with van der Waals surface area (Å²) in [6, 6.07) is 63.8. The predicted octanol–water partition coefficient (Wildman–Crippen LogP) is 13.3. The fraction of sp³-hybridized carbons (Fsp3) is 0. The highest BCUT2D eigenvalue weighted by molar-refractivity contribution is 6.35. The van der Waals surface area contributed by atoms with Gasteiger partial charge in [0.2, 0.25) is 0 Å². The van der Waals surface area contributed by atoms with E-state index in [1.807, 2.05) is 72.8 Å². The fourth-order valence-electron chi connectivity index (χ4n) is 8.72. The van der Waals surface area contributed by atoms with Gasteiger partial charge in [-0.25, -0.2) is 15.0 Å². The highest BCUT2D eigenvalue weighted by Gasteiger charge is 2.22. The molecule has 0 bridgehead atoms. The Morgan fingerprint density at radius 3 is 1.66 bits per heavy atom. The maximum atomic E-state index is 6.55. The quantitative estimate of drug-likeness (QED) is 0.167. The summed E-state index contributed by atoms with van der Waals surface area (Å²) in [5.74, 6) is 1.85. The van der Waals surface area contributed by atoms with Crippen molar-refractivity contribution in [2.24, 2.45) is 0 Å². The van der Waals surface area contributed by atoms with Gasteiger partial charge in [0.1, 0.15) is 11.2 Å². The Hall–Kier alpha value is -7.63. The summed E-state index contributed by atoms with van der Waals surface area (Å²) in [7, 11) is 0. The first kappa shape index (κ1) is 30.8. The SMILES string of the molecule is c1ccc(-c2nc(-c3ccccc3)nc(-c3cccc4oc5ccc(-c6cc7c8ccccc8c8cccc9c8c7c(c6)n9-c6ccccc6)cc5c34)n2)cc1. The first-order valence-corrected chi connectivity index (χ1v) is 18.9. The smallest absolute Gasteiger partial charge is 0.164 e. The van der Waals surface area contributed by atoms with Crippen LogP contribution < -0.4 is 0 Å². The summed E-state index contributed by atoms with van der Waals surface area (Å²) in [6.07, 6.45) is 0. The van der Waals surface area contributed by atoms with Gasteiger partial charge in [-0.15, -0.1) is 0 Å². The summed E-state index contributed by atoms with van der Waals surface area (Å²) in [5.41, 5.74) is 10.1. The Morgan fingerprint density at radius 1 is 0.339 bits per heavy atom. The van der Waals surface area contributed by atoms with Crippen LogP contribution in [0.5, 0.6) is 0 Å². The molecule has 0 aliphatic heterocycles. The van der Waals surface area contributed by atoms with Crippen molar-refractivity contribution in [1.29, 1.82) is 0 Å². The van der Waals surface area contributed by atoms with Crippen LogP contribution in [0.1, 0.15) is 0 Å². The third-order valence-electron chi connectivity index (χ3n) is 11.2. The molecule has 0 aliphatic rings. The molecule has 3 aromatic heterocycles. The lowest BCUT2D eigenvalue weighted by molar-refractivity contribution is 0.669. The maximum absolute atomic E-state index is 6.55. The van der Waals surface area contributed by atoms with Gasteiger partial charge in [0.05, 0.1) is 11.0 Å². The minimum absolute atomic E-state index is 0.599. The third kappa shape index (κ3) is 4.58. The van der Waals surface area contributed by atoms with Crippen molar-refractivity contribution in [3.8, 4) is 51.0 Å². The minimum atomic E-state index is 0.599. The monoisotopic (exact) mass is 714 g/mol. The van der Waals surface area contributed by atoms with E-state index in [0.717, 1.165) is 55.4 Å². The fourth-order valence-corrected chi connectivity index (χ4v) is 8.72. The van der Waals surface area contributed by atoms with Gasteiger partial charge in [-0.05, 0) is 81.2 Å². The van der Waals surface area contributed by atoms with Crippen LogP contribution in [0.15, 0.2) is 186 Å². The second kappa shape index (κ2) is 11.9. The Bertz CT molecular complexity index is 3400. The molecule has 0 spiro atoms. The number of para-hydroxylation sites is 1. The van der Waals surface area contributed by atoms with Gasteiger partial charge in [-0.1, -0.05) is 133 Å². The van der Waals surface area contributed by atoms with Gasteiger partial charge in [0, 0.05) is 43.9 Å². The van der Waals surface area contributed by atoms with E-state index in [4.69, 9.17) is 19.4 Å². The molecule has 12 rings (SSSR count). The van der Waals surface area contributed by atoms with Gasteiger partial charge in [0.15, 0.2) is 17.5 Å². The van der Waals surface area contributed by atoms with E-state index in [0.29, 0.717) is 17.5 Å². The zero-order valence-electron chi connectivity index (χ0n) is 30.0. The van der Waals surface area contributed by atoms with Crippen molar-refractivity contribution >= 4 is 65.3 Å². The number of hydrogen-bond acceptors (Lipinski definition) is 4. The highest BCUT2D eigenvalue weighted by Crippen LogP contribution is 2.46. The second-order valence-electron chi connectivity index (χ2n) is 14.4. The minimum Gasteiger partial charge on any atom is -0.456 e. The van der Waals surface area contributed by atoms with Crippen molar-refractivity contribution < 1.29 is 4.42 Å². The van der Waals surface area contributed by atoms with Gasteiger partial charge >= 0.3 is 0 Å². The van der Waals surface area contributed by atoms with E-state index in [-0.39, 0.29) is 0 Å². The van der Waals surface area contributed by atoms with E-state index < -0.39 is 0 Å². The van der Waals surface area contributed by atoms with E-state index >= 15 is 0 Å². The van der Waals surface area contributed by atoms with Gasteiger partial charge in [0.25, 0.3) is 0 Å². The number of aromatic nitrogens is 4. The van der Waals surface area contributed by atoms with Gasteiger partial charge < -0.3 is 8.98 Å². The molecule has 0 saturated heterocycles.